The van der Waals surface area contributed by atoms with Gasteiger partial charge in [0.1, 0.15) is 5.82 Å². The van der Waals surface area contributed by atoms with E-state index in [2.05, 4.69) is 22.2 Å². The van der Waals surface area contributed by atoms with Crippen LogP contribution in [0, 0.1) is 6.92 Å². The molecule has 0 amide bonds. The second-order valence-electron chi connectivity index (χ2n) is 2.46. The Hall–Kier alpha value is -0.960. The Bertz CT molecular complexity index is 205. The van der Waals surface area contributed by atoms with Gasteiger partial charge in [-0.15, -0.1) is 0 Å². The summed E-state index contributed by atoms with van der Waals surface area (Å²) in [6, 6.07) is 0. The molecule has 0 saturated carbocycles. The Morgan fingerprint density at radius 3 is 2.55 bits per heavy atom. The molecule has 3 heteroatoms. The molecule has 0 aliphatic carbocycles. The van der Waals surface area contributed by atoms with Gasteiger partial charge in [-0.2, -0.15) is 0 Å². The van der Waals surface area contributed by atoms with E-state index in [4.69, 9.17) is 0 Å². The highest BCUT2D eigenvalue weighted by molar-refractivity contribution is 5.01. The first-order valence-corrected chi connectivity index (χ1v) is 3.81. The summed E-state index contributed by atoms with van der Waals surface area (Å²) in [6.07, 6.45) is 3.67. The molecule has 1 heterocycles. The van der Waals surface area contributed by atoms with E-state index in [1.165, 1.54) is 0 Å². The highest BCUT2D eigenvalue weighted by atomic mass is 14.9. The van der Waals surface area contributed by atoms with Gasteiger partial charge in [0.2, 0.25) is 0 Å². The van der Waals surface area contributed by atoms with Crippen molar-refractivity contribution in [3.8, 4) is 0 Å². The fraction of sp³-hybridized carbons (Fsp3) is 0.500. The van der Waals surface area contributed by atoms with Crippen LogP contribution in [0.1, 0.15) is 18.3 Å². The van der Waals surface area contributed by atoms with Crippen molar-refractivity contribution in [2.45, 2.75) is 20.4 Å². The van der Waals surface area contributed by atoms with E-state index in [0.717, 1.165) is 24.5 Å². The first-order chi connectivity index (χ1) is 5.33. The van der Waals surface area contributed by atoms with Crippen molar-refractivity contribution in [2.75, 3.05) is 6.54 Å². The molecule has 0 atom stereocenters. The first-order valence-electron chi connectivity index (χ1n) is 3.81. The Balaban J connectivity index is 2.52. The maximum atomic E-state index is 4.14. The SMILES string of the molecule is CCNCc1ncc(C)cn1. The smallest absolute Gasteiger partial charge is 0.141 e. The summed E-state index contributed by atoms with van der Waals surface area (Å²) < 4.78 is 0. The molecule has 3 nitrogen and oxygen atoms in total. The van der Waals surface area contributed by atoms with Crippen molar-refractivity contribution in [3.05, 3.63) is 23.8 Å². The van der Waals surface area contributed by atoms with E-state index in [-0.39, 0.29) is 0 Å². The van der Waals surface area contributed by atoms with E-state index >= 15 is 0 Å². The molecule has 0 radical (unpaired) electrons. The summed E-state index contributed by atoms with van der Waals surface area (Å²) in [6.45, 7) is 5.76. The molecule has 0 spiro atoms. The van der Waals surface area contributed by atoms with E-state index in [1.807, 2.05) is 19.3 Å². The third-order valence-electron chi connectivity index (χ3n) is 1.37. The molecule has 1 aromatic rings. The van der Waals surface area contributed by atoms with Gasteiger partial charge in [0.05, 0.1) is 6.54 Å². The number of nitrogens with zero attached hydrogens (tertiary/aromatic N) is 2. The second-order valence-corrected chi connectivity index (χ2v) is 2.46. The zero-order valence-corrected chi connectivity index (χ0v) is 6.96. The van der Waals surface area contributed by atoms with Crippen LogP contribution >= 0.6 is 0 Å². The van der Waals surface area contributed by atoms with Gasteiger partial charge < -0.3 is 5.32 Å². The van der Waals surface area contributed by atoms with Crippen molar-refractivity contribution in [2.24, 2.45) is 0 Å². The monoisotopic (exact) mass is 151 g/mol. The highest BCUT2D eigenvalue weighted by Gasteiger charge is 1.92. The molecule has 0 fully saturated rings. The molecule has 0 unspecified atom stereocenters. The first kappa shape index (κ1) is 8.14. The molecule has 0 aromatic carbocycles. The van der Waals surface area contributed by atoms with Gasteiger partial charge in [0, 0.05) is 12.4 Å². The van der Waals surface area contributed by atoms with Gasteiger partial charge in [-0.1, -0.05) is 6.92 Å². The van der Waals surface area contributed by atoms with Crippen LogP contribution in [0.4, 0.5) is 0 Å². The molecule has 1 N–H and O–H groups in total. The van der Waals surface area contributed by atoms with Crippen LogP contribution in [0.25, 0.3) is 0 Å². The van der Waals surface area contributed by atoms with Crippen LogP contribution in [0.3, 0.4) is 0 Å². The molecule has 60 valence electrons. The Labute approximate surface area is 66.9 Å². The number of hydrogen-bond donors (Lipinski definition) is 1. The molecular weight excluding hydrogens is 138 g/mol. The minimum Gasteiger partial charge on any atom is -0.310 e. The van der Waals surface area contributed by atoms with Gasteiger partial charge in [-0.05, 0) is 19.0 Å². The molecule has 1 aromatic heterocycles. The largest absolute Gasteiger partial charge is 0.310 e. The van der Waals surface area contributed by atoms with Crippen molar-refractivity contribution in [1.29, 1.82) is 0 Å². The standard InChI is InChI=1S/C8H13N3/c1-3-9-6-8-10-4-7(2)5-11-8/h4-5,9H,3,6H2,1-2H3. The minimum absolute atomic E-state index is 0.761. The predicted octanol–water partition coefficient (Wildman–Crippen LogP) is 0.895. The topological polar surface area (TPSA) is 37.8 Å². The summed E-state index contributed by atoms with van der Waals surface area (Å²) in [5.41, 5.74) is 1.10. The van der Waals surface area contributed by atoms with Crippen molar-refractivity contribution in [1.82, 2.24) is 15.3 Å². The molecular formula is C8H13N3. The number of aromatic nitrogens is 2. The van der Waals surface area contributed by atoms with Crippen LogP contribution in [-0.2, 0) is 6.54 Å². The van der Waals surface area contributed by atoms with E-state index in [1.54, 1.807) is 0 Å². The fourth-order valence-corrected chi connectivity index (χ4v) is 0.747. The van der Waals surface area contributed by atoms with Crippen LogP contribution in [0.5, 0.6) is 0 Å². The molecule has 0 bridgehead atoms. The third kappa shape index (κ3) is 2.63. The maximum absolute atomic E-state index is 4.14. The van der Waals surface area contributed by atoms with Gasteiger partial charge in [0.15, 0.2) is 0 Å². The van der Waals surface area contributed by atoms with Gasteiger partial charge >= 0.3 is 0 Å². The average Bonchev–Trinajstić information content (AvgIpc) is 2.04. The molecule has 0 saturated heterocycles. The summed E-state index contributed by atoms with van der Waals surface area (Å²) in [4.78, 5) is 8.28. The van der Waals surface area contributed by atoms with Crippen LogP contribution in [-0.4, -0.2) is 16.5 Å². The number of aryl methyl sites for hydroxylation is 1. The zero-order chi connectivity index (χ0) is 8.10. The van der Waals surface area contributed by atoms with Crippen molar-refractivity contribution in [3.63, 3.8) is 0 Å². The summed E-state index contributed by atoms with van der Waals surface area (Å²) in [5.74, 6) is 0.859. The molecule has 11 heavy (non-hydrogen) atoms. The third-order valence-corrected chi connectivity index (χ3v) is 1.37. The van der Waals surface area contributed by atoms with Gasteiger partial charge in [-0.25, -0.2) is 9.97 Å². The number of hydrogen-bond acceptors (Lipinski definition) is 3. The number of rotatable bonds is 3. The van der Waals surface area contributed by atoms with E-state index < -0.39 is 0 Å². The Kier molecular flexibility index (Phi) is 2.98. The summed E-state index contributed by atoms with van der Waals surface area (Å²) >= 11 is 0. The van der Waals surface area contributed by atoms with Gasteiger partial charge in [0.25, 0.3) is 0 Å². The molecule has 0 aliphatic heterocycles. The van der Waals surface area contributed by atoms with E-state index in [0.29, 0.717) is 0 Å². The quantitative estimate of drug-likeness (QED) is 0.697. The Morgan fingerprint density at radius 1 is 1.36 bits per heavy atom. The average molecular weight is 151 g/mol. The Morgan fingerprint density at radius 2 is 2.00 bits per heavy atom. The predicted molar refractivity (Wildman–Crippen MR) is 44.1 cm³/mol. The van der Waals surface area contributed by atoms with Crippen LogP contribution in [0.15, 0.2) is 12.4 Å². The lowest BCUT2D eigenvalue weighted by molar-refractivity contribution is 0.689. The second kappa shape index (κ2) is 4.03. The normalized spacial score (nSPS) is 10.0. The lowest BCUT2D eigenvalue weighted by Crippen LogP contribution is -2.14. The maximum Gasteiger partial charge on any atom is 0.141 e. The summed E-state index contributed by atoms with van der Waals surface area (Å²) in [7, 11) is 0. The molecule has 1 rings (SSSR count). The zero-order valence-electron chi connectivity index (χ0n) is 6.96. The van der Waals surface area contributed by atoms with Crippen molar-refractivity contribution >= 4 is 0 Å². The minimum atomic E-state index is 0.761. The number of nitrogens with one attached hydrogen (secondary N) is 1. The van der Waals surface area contributed by atoms with E-state index in [9.17, 15) is 0 Å². The molecule has 0 aliphatic rings. The van der Waals surface area contributed by atoms with Crippen molar-refractivity contribution < 1.29 is 0 Å². The highest BCUT2D eigenvalue weighted by Crippen LogP contribution is 1.92. The van der Waals surface area contributed by atoms with Crippen LogP contribution in [0.2, 0.25) is 0 Å². The fourth-order valence-electron chi connectivity index (χ4n) is 0.747. The summed E-state index contributed by atoms with van der Waals surface area (Å²) in [5, 5.41) is 3.16. The lowest BCUT2D eigenvalue weighted by atomic mass is 10.4. The van der Waals surface area contributed by atoms with Crippen LogP contribution < -0.4 is 5.32 Å². The lowest BCUT2D eigenvalue weighted by Gasteiger charge is -1.99. The van der Waals surface area contributed by atoms with Gasteiger partial charge in [-0.3, -0.25) is 0 Å².